The van der Waals surface area contributed by atoms with Crippen molar-refractivity contribution in [3.63, 3.8) is 0 Å². The molecule has 0 aromatic heterocycles. The van der Waals surface area contributed by atoms with Crippen LogP contribution in [0.5, 0.6) is 0 Å². The van der Waals surface area contributed by atoms with Crippen molar-refractivity contribution in [2.45, 2.75) is 6.04 Å². The van der Waals surface area contributed by atoms with E-state index >= 15 is 0 Å². The van der Waals surface area contributed by atoms with E-state index in [-0.39, 0.29) is 30.9 Å². The molecule has 0 heterocycles. The molecule has 2 N–H and O–H groups in total. The van der Waals surface area contributed by atoms with Crippen LogP contribution < -0.4 is 5.73 Å². The van der Waals surface area contributed by atoms with Crippen molar-refractivity contribution in [3.05, 3.63) is 35.9 Å². The van der Waals surface area contributed by atoms with Gasteiger partial charge in [0, 0.05) is 12.6 Å². The van der Waals surface area contributed by atoms with Gasteiger partial charge in [-0.25, -0.2) is 0 Å². The lowest BCUT2D eigenvalue weighted by Crippen LogP contribution is -2.25. The third-order valence-electron chi connectivity index (χ3n) is 1.79. The van der Waals surface area contributed by atoms with Gasteiger partial charge in [0.1, 0.15) is 0 Å². The Morgan fingerprint density at radius 3 is 2.07 bits per heavy atom. The fourth-order valence-corrected chi connectivity index (χ4v) is 1.20. The van der Waals surface area contributed by atoms with Crippen LogP contribution in [-0.4, -0.2) is 25.5 Å². The predicted octanol–water partition coefficient (Wildman–Crippen LogP) is 2.09. The summed E-state index contributed by atoms with van der Waals surface area (Å²) >= 11 is 0. The highest BCUT2D eigenvalue weighted by Gasteiger charge is 2.04. The van der Waals surface area contributed by atoms with E-state index in [2.05, 4.69) is 17.0 Å². The number of hydrogen-bond acceptors (Lipinski definition) is 2. The molecule has 1 rings (SSSR count). The second-order valence-electron chi connectivity index (χ2n) is 3.28. The van der Waals surface area contributed by atoms with Crippen molar-refractivity contribution in [1.82, 2.24) is 4.90 Å². The first kappa shape index (κ1) is 16.2. The molecule has 1 atom stereocenters. The highest BCUT2D eigenvalue weighted by Crippen LogP contribution is 2.09. The minimum Gasteiger partial charge on any atom is -0.323 e. The van der Waals surface area contributed by atoms with Crippen molar-refractivity contribution in [2.24, 2.45) is 5.73 Å². The lowest BCUT2D eigenvalue weighted by atomic mass is 10.1. The van der Waals surface area contributed by atoms with E-state index in [4.69, 9.17) is 5.73 Å². The summed E-state index contributed by atoms with van der Waals surface area (Å²) in [5.74, 6) is 0. The third-order valence-corrected chi connectivity index (χ3v) is 1.79. The van der Waals surface area contributed by atoms with Gasteiger partial charge in [-0.3, -0.25) is 0 Å². The Labute approximate surface area is 98.3 Å². The molecule has 82 valence electrons. The zero-order chi connectivity index (χ0) is 8.97. The average Bonchev–Trinajstić information content (AvgIpc) is 2.05. The van der Waals surface area contributed by atoms with Crippen LogP contribution in [0.25, 0.3) is 0 Å². The highest BCUT2D eigenvalue weighted by molar-refractivity contribution is 5.85. The molecule has 0 spiro atoms. The maximum absolute atomic E-state index is 5.95. The molecule has 14 heavy (non-hydrogen) atoms. The van der Waals surface area contributed by atoms with Crippen LogP contribution in [0.4, 0.5) is 0 Å². The minimum absolute atomic E-state index is 0. The molecular formula is C10H18Cl2N2. The van der Waals surface area contributed by atoms with Gasteiger partial charge in [-0.2, -0.15) is 0 Å². The van der Waals surface area contributed by atoms with Crippen molar-refractivity contribution >= 4 is 24.8 Å². The first-order chi connectivity index (χ1) is 5.70. The Morgan fingerprint density at radius 1 is 1.14 bits per heavy atom. The first-order valence-electron chi connectivity index (χ1n) is 4.15. The summed E-state index contributed by atoms with van der Waals surface area (Å²) in [6, 6.07) is 10.3. The SMILES string of the molecule is CN(C)C[C@@H](N)c1ccccc1.Cl.Cl. The number of nitrogens with two attached hydrogens (primary N) is 1. The fraction of sp³-hybridized carbons (Fsp3) is 0.400. The zero-order valence-electron chi connectivity index (χ0n) is 8.51. The van der Waals surface area contributed by atoms with Gasteiger partial charge in [0.25, 0.3) is 0 Å². The van der Waals surface area contributed by atoms with Crippen LogP contribution in [-0.2, 0) is 0 Å². The Morgan fingerprint density at radius 2 is 1.64 bits per heavy atom. The van der Waals surface area contributed by atoms with Gasteiger partial charge in [0.05, 0.1) is 0 Å². The number of halogens is 2. The Kier molecular flexibility index (Phi) is 9.31. The Hall–Kier alpha value is -0.280. The van der Waals surface area contributed by atoms with E-state index in [9.17, 15) is 0 Å². The molecule has 0 saturated heterocycles. The lowest BCUT2D eigenvalue weighted by Gasteiger charge is -2.16. The normalized spacial score (nSPS) is 11.4. The molecule has 0 unspecified atom stereocenters. The van der Waals surface area contributed by atoms with Gasteiger partial charge in [-0.1, -0.05) is 30.3 Å². The second-order valence-corrected chi connectivity index (χ2v) is 3.28. The molecule has 4 heteroatoms. The summed E-state index contributed by atoms with van der Waals surface area (Å²) in [5, 5.41) is 0. The van der Waals surface area contributed by atoms with Crippen molar-refractivity contribution in [3.8, 4) is 0 Å². The van der Waals surface area contributed by atoms with Crippen molar-refractivity contribution in [2.75, 3.05) is 20.6 Å². The van der Waals surface area contributed by atoms with Crippen molar-refractivity contribution < 1.29 is 0 Å². The lowest BCUT2D eigenvalue weighted by molar-refractivity contribution is 0.376. The molecular weight excluding hydrogens is 219 g/mol. The topological polar surface area (TPSA) is 29.3 Å². The zero-order valence-corrected chi connectivity index (χ0v) is 10.1. The standard InChI is InChI=1S/C10H16N2.2ClH/c1-12(2)8-10(11)9-6-4-3-5-7-9;;/h3-7,10H,8,11H2,1-2H3;2*1H/t10-;;/m1../s1. The monoisotopic (exact) mass is 236 g/mol. The maximum atomic E-state index is 5.95. The molecule has 0 aliphatic rings. The quantitative estimate of drug-likeness (QED) is 0.872. The van der Waals surface area contributed by atoms with E-state index in [1.807, 2.05) is 32.3 Å². The number of rotatable bonds is 3. The van der Waals surface area contributed by atoms with Crippen LogP contribution in [0.3, 0.4) is 0 Å². The Bertz CT molecular complexity index is 227. The molecule has 0 fully saturated rings. The van der Waals surface area contributed by atoms with Gasteiger partial charge < -0.3 is 10.6 Å². The molecule has 0 amide bonds. The smallest absolute Gasteiger partial charge is 0.0424 e. The summed E-state index contributed by atoms with van der Waals surface area (Å²) in [4.78, 5) is 2.09. The molecule has 0 aliphatic carbocycles. The van der Waals surface area contributed by atoms with E-state index < -0.39 is 0 Å². The molecule has 1 aromatic rings. The number of nitrogens with zero attached hydrogens (tertiary/aromatic N) is 1. The minimum atomic E-state index is 0. The van der Waals surface area contributed by atoms with Crippen LogP contribution in [0.15, 0.2) is 30.3 Å². The molecule has 0 saturated carbocycles. The number of benzene rings is 1. The summed E-state index contributed by atoms with van der Waals surface area (Å²) in [6.45, 7) is 0.893. The largest absolute Gasteiger partial charge is 0.323 e. The molecule has 2 nitrogen and oxygen atoms in total. The maximum Gasteiger partial charge on any atom is 0.0424 e. The van der Waals surface area contributed by atoms with E-state index in [1.54, 1.807) is 0 Å². The molecule has 0 radical (unpaired) electrons. The van der Waals surface area contributed by atoms with E-state index in [1.165, 1.54) is 5.56 Å². The van der Waals surface area contributed by atoms with Gasteiger partial charge in [-0.05, 0) is 19.7 Å². The molecule has 1 aromatic carbocycles. The molecule has 0 aliphatic heterocycles. The molecule has 0 bridgehead atoms. The highest BCUT2D eigenvalue weighted by atomic mass is 35.5. The second kappa shape index (κ2) is 8.06. The van der Waals surface area contributed by atoms with Gasteiger partial charge in [-0.15, -0.1) is 24.8 Å². The number of hydrogen-bond donors (Lipinski definition) is 1. The first-order valence-corrected chi connectivity index (χ1v) is 4.15. The average molecular weight is 237 g/mol. The third kappa shape index (κ3) is 5.45. The Balaban J connectivity index is 0. The summed E-state index contributed by atoms with van der Waals surface area (Å²) in [6.07, 6.45) is 0. The summed E-state index contributed by atoms with van der Waals surface area (Å²) < 4.78 is 0. The summed E-state index contributed by atoms with van der Waals surface area (Å²) in [5.41, 5.74) is 7.15. The summed E-state index contributed by atoms with van der Waals surface area (Å²) in [7, 11) is 4.06. The van der Waals surface area contributed by atoms with Gasteiger partial charge >= 0.3 is 0 Å². The van der Waals surface area contributed by atoms with Crippen LogP contribution in [0, 0.1) is 0 Å². The fourth-order valence-electron chi connectivity index (χ4n) is 1.20. The number of likely N-dealkylation sites (N-methyl/N-ethyl adjacent to an activating group) is 1. The van der Waals surface area contributed by atoms with Crippen molar-refractivity contribution in [1.29, 1.82) is 0 Å². The van der Waals surface area contributed by atoms with Crippen LogP contribution in [0.2, 0.25) is 0 Å². The van der Waals surface area contributed by atoms with Crippen LogP contribution >= 0.6 is 24.8 Å². The van der Waals surface area contributed by atoms with Gasteiger partial charge in [0.2, 0.25) is 0 Å². The van der Waals surface area contributed by atoms with E-state index in [0.717, 1.165) is 6.54 Å². The van der Waals surface area contributed by atoms with E-state index in [0.29, 0.717) is 0 Å². The predicted molar refractivity (Wildman–Crippen MR) is 66.4 cm³/mol. The van der Waals surface area contributed by atoms with Gasteiger partial charge in [0.15, 0.2) is 0 Å². The van der Waals surface area contributed by atoms with Crippen LogP contribution in [0.1, 0.15) is 11.6 Å².